The first-order chi connectivity index (χ1) is 8.69. The number of rotatable bonds is 4. The maximum Gasteiger partial charge on any atom is 0.122 e. The summed E-state index contributed by atoms with van der Waals surface area (Å²) >= 11 is 0. The van der Waals surface area contributed by atoms with Gasteiger partial charge in [-0.25, -0.2) is 0 Å². The summed E-state index contributed by atoms with van der Waals surface area (Å²) in [6.45, 7) is 4.73. The lowest BCUT2D eigenvalue weighted by Gasteiger charge is -2.10. The Balaban J connectivity index is 2.02. The van der Waals surface area contributed by atoms with E-state index < -0.39 is 0 Å². The predicted molar refractivity (Wildman–Crippen MR) is 73.2 cm³/mol. The molecule has 0 saturated heterocycles. The summed E-state index contributed by atoms with van der Waals surface area (Å²) in [6.07, 6.45) is 0. The van der Waals surface area contributed by atoms with Gasteiger partial charge in [-0.2, -0.15) is 0 Å². The number of methoxy groups -OCH3 is 1. The third kappa shape index (κ3) is 3.04. The lowest BCUT2D eigenvalue weighted by Crippen LogP contribution is -1.97. The van der Waals surface area contributed by atoms with Crippen LogP contribution >= 0.6 is 0 Å². The van der Waals surface area contributed by atoms with E-state index in [1.807, 2.05) is 30.3 Å². The van der Waals surface area contributed by atoms with Crippen molar-refractivity contribution < 1.29 is 9.47 Å². The van der Waals surface area contributed by atoms with Crippen molar-refractivity contribution in [2.45, 2.75) is 20.5 Å². The Hall–Kier alpha value is -1.96. The van der Waals surface area contributed by atoms with Crippen LogP contribution in [0.1, 0.15) is 16.7 Å². The van der Waals surface area contributed by atoms with E-state index in [-0.39, 0.29) is 0 Å². The average Bonchev–Trinajstić information content (AvgIpc) is 2.38. The lowest BCUT2D eigenvalue weighted by atomic mass is 10.1. The molecule has 0 amide bonds. The molecule has 0 saturated carbocycles. The zero-order valence-corrected chi connectivity index (χ0v) is 11.1. The van der Waals surface area contributed by atoms with Crippen molar-refractivity contribution in [3.63, 3.8) is 0 Å². The van der Waals surface area contributed by atoms with Gasteiger partial charge in [0.1, 0.15) is 18.1 Å². The van der Waals surface area contributed by atoms with Crippen molar-refractivity contribution in [3.8, 4) is 11.5 Å². The zero-order chi connectivity index (χ0) is 13.0. The van der Waals surface area contributed by atoms with Gasteiger partial charge in [-0.05, 0) is 43.2 Å². The van der Waals surface area contributed by atoms with E-state index in [1.165, 1.54) is 11.1 Å². The van der Waals surface area contributed by atoms with E-state index in [1.54, 1.807) is 7.11 Å². The minimum absolute atomic E-state index is 0.577. The SMILES string of the molecule is COc1ccc(COc2ccc(C)cc2C)cc1. The lowest BCUT2D eigenvalue weighted by molar-refractivity contribution is 0.304. The van der Waals surface area contributed by atoms with Crippen LogP contribution < -0.4 is 9.47 Å². The Morgan fingerprint density at radius 2 is 1.67 bits per heavy atom. The largest absolute Gasteiger partial charge is 0.497 e. The Bertz CT molecular complexity index is 515. The van der Waals surface area contributed by atoms with E-state index in [0.29, 0.717) is 6.61 Å². The molecule has 0 unspecified atom stereocenters. The molecular weight excluding hydrogens is 224 g/mol. The van der Waals surface area contributed by atoms with Crippen molar-refractivity contribution in [2.75, 3.05) is 7.11 Å². The van der Waals surface area contributed by atoms with Gasteiger partial charge in [0.2, 0.25) is 0 Å². The molecule has 0 aliphatic carbocycles. The molecule has 2 heteroatoms. The predicted octanol–water partition coefficient (Wildman–Crippen LogP) is 3.89. The van der Waals surface area contributed by atoms with Crippen LogP contribution in [0.4, 0.5) is 0 Å². The van der Waals surface area contributed by atoms with Gasteiger partial charge in [0.05, 0.1) is 7.11 Å². The minimum Gasteiger partial charge on any atom is -0.497 e. The quantitative estimate of drug-likeness (QED) is 0.809. The highest BCUT2D eigenvalue weighted by Gasteiger charge is 2.00. The minimum atomic E-state index is 0.577. The van der Waals surface area contributed by atoms with Crippen LogP contribution in [0, 0.1) is 13.8 Å². The summed E-state index contributed by atoms with van der Waals surface area (Å²) in [7, 11) is 1.67. The summed E-state index contributed by atoms with van der Waals surface area (Å²) in [5.74, 6) is 1.81. The van der Waals surface area contributed by atoms with Crippen molar-refractivity contribution >= 4 is 0 Å². The molecule has 0 spiro atoms. The topological polar surface area (TPSA) is 18.5 Å². The van der Waals surface area contributed by atoms with Crippen LogP contribution in [0.25, 0.3) is 0 Å². The van der Waals surface area contributed by atoms with Crippen LogP contribution in [0.15, 0.2) is 42.5 Å². The number of benzene rings is 2. The second-order valence-corrected chi connectivity index (χ2v) is 4.41. The van der Waals surface area contributed by atoms with E-state index in [0.717, 1.165) is 17.1 Å². The molecule has 0 N–H and O–H groups in total. The molecule has 94 valence electrons. The second-order valence-electron chi connectivity index (χ2n) is 4.41. The van der Waals surface area contributed by atoms with Gasteiger partial charge in [-0.15, -0.1) is 0 Å². The molecule has 0 heterocycles. The van der Waals surface area contributed by atoms with Gasteiger partial charge in [-0.3, -0.25) is 0 Å². The molecule has 0 aliphatic heterocycles. The zero-order valence-electron chi connectivity index (χ0n) is 11.1. The normalized spacial score (nSPS) is 10.2. The summed E-state index contributed by atoms with van der Waals surface area (Å²) in [4.78, 5) is 0. The Kier molecular flexibility index (Phi) is 3.88. The molecule has 2 aromatic carbocycles. The molecule has 2 rings (SSSR count). The highest BCUT2D eigenvalue weighted by Crippen LogP contribution is 2.20. The van der Waals surface area contributed by atoms with E-state index in [4.69, 9.17) is 9.47 Å². The summed E-state index contributed by atoms with van der Waals surface area (Å²) < 4.78 is 10.9. The van der Waals surface area contributed by atoms with Gasteiger partial charge >= 0.3 is 0 Å². The molecule has 2 nitrogen and oxygen atoms in total. The first kappa shape index (κ1) is 12.5. The molecule has 0 atom stereocenters. The van der Waals surface area contributed by atoms with Gasteiger partial charge in [0.15, 0.2) is 0 Å². The number of ether oxygens (including phenoxy) is 2. The fraction of sp³-hybridized carbons (Fsp3) is 0.250. The number of aryl methyl sites for hydroxylation is 2. The summed E-state index contributed by atoms with van der Waals surface area (Å²) in [5.41, 5.74) is 3.56. The molecule has 0 aliphatic rings. The standard InChI is InChI=1S/C16H18O2/c1-12-4-9-16(13(2)10-12)18-11-14-5-7-15(17-3)8-6-14/h4-10H,11H2,1-3H3. The van der Waals surface area contributed by atoms with Gasteiger partial charge < -0.3 is 9.47 Å². The van der Waals surface area contributed by atoms with Gasteiger partial charge in [-0.1, -0.05) is 29.8 Å². The maximum absolute atomic E-state index is 5.81. The molecule has 0 fully saturated rings. The first-order valence-corrected chi connectivity index (χ1v) is 6.02. The van der Waals surface area contributed by atoms with Crippen molar-refractivity contribution in [1.82, 2.24) is 0 Å². The highest BCUT2D eigenvalue weighted by molar-refractivity contribution is 5.36. The Labute approximate surface area is 108 Å². The van der Waals surface area contributed by atoms with E-state index in [9.17, 15) is 0 Å². The van der Waals surface area contributed by atoms with Crippen molar-refractivity contribution in [3.05, 3.63) is 59.2 Å². The summed E-state index contributed by atoms with van der Waals surface area (Å²) in [5, 5.41) is 0. The van der Waals surface area contributed by atoms with Crippen molar-refractivity contribution in [2.24, 2.45) is 0 Å². The maximum atomic E-state index is 5.81. The molecule has 0 radical (unpaired) electrons. The van der Waals surface area contributed by atoms with Crippen LogP contribution in [-0.2, 0) is 6.61 Å². The third-order valence-electron chi connectivity index (χ3n) is 2.88. The Morgan fingerprint density at radius 3 is 2.28 bits per heavy atom. The van der Waals surface area contributed by atoms with Crippen molar-refractivity contribution in [1.29, 1.82) is 0 Å². The fourth-order valence-corrected chi connectivity index (χ4v) is 1.84. The van der Waals surface area contributed by atoms with Crippen LogP contribution in [0.2, 0.25) is 0 Å². The average molecular weight is 242 g/mol. The second kappa shape index (κ2) is 5.58. The third-order valence-corrected chi connectivity index (χ3v) is 2.88. The monoisotopic (exact) mass is 242 g/mol. The first-order valence-electron chi connectivity index (χ1n) is 6.02. The Morgan fingerprint density at radius 1 is 0.944 bits per heavy atom. The van der Waals surface area contributed by atoms with Crippen LogP contribution in [0.5, 0.6) is 11.5 Å². The van der Waals surface area contributed by atoms with Gasteiger partial charge in [0.25, 0.3) is 0 Å². The van der Waals surface area contributed by atoms with E-state index in [2.05, 4.69) is 26.0 Å². The van der Waals surface area contributed by atoms with E-state index >= 15 is 0 Å². The number of hydrogen-bond donors (Lipinski definition) is 0. The fourth-order valence-electron chi connectivity index (χ4n) is 1.84. The molecule has 0 bridgehead atoms. The highest BCUT2D eigenvalue weighted by atomic mass is 16.5. The molecular formula is C16H18O2. The van der Waals surface area contributed by atoms with Gasteiger partial charge in [0, 0.05) is 0 Å². The molecule has 18 heavy (non-hydrogen) atoms. The number of hydrogen-bond acceptors (Lipinski definition) is 2. The smallest absolute Gasteiger partial charge is 0.122 e. The molecule has 2 aromatic rings. The summed E-state index contributed by atoms with van der Waals surface area (Å²) in [6, 6.07) is 14.1. The van der Waals surface area contributed by atoms with Crippen LogP contribution in [-0.4, -0.2) is 7.11 Å². The molecule has 0 aromatic heterocycles. The van der Waals surface area contributed by atoms with Crippen LogP contribution in [0.3, 0.4) is 0 Å².